The van der Waals surface area contributed by atoms with Crippen LogP contribution in [-0.4, -0.2) is 50.8 Å². The van der Waals surface area contributed by atoms with E-state index in [-0.39, 0.29) is 12.5 Å². The molecule has 4 N–H and O–H groups in total. The van der Waals surface area contributed by atoms with Gasteiger partial charge in [0.25, 0.3) is 0 Å². The third-order valence-corrected chi connectivity index (χ3v) is 3.23. The molecule has 0 bridgehead atoms. The quantitative estimate of drug-likeness (QED) is 0.166. The summed E-state index contributed by atoms with van der Waals surface area (Å²) in [6, 6.07) is 0. The summed E-state index contributed by atoms with van der Waals surface area (Å²) in [6.07, 6.45) is 6.28. The van der Waals surface area contributed by atoms with Crippen LogP contribution >= 0.6 is 0 Å². The highest BCUT2D eigenvalue weighted by Gasteiger charge is 2.05. The number of nitrogens with zero attached hydrogens (tertiary/aromatic N) is 1. The van der Waals surface area contributed by atoms with Crippen LogP contribution in [0.5, 0.6) is 0 Å². The molecule has 0 aromatic carbocycles. The Bertz CT molecular complexity index is 610. The van der Waals surface area contributed by atoms with E-state index in [9.17, 15) is 9.59 Å². The zero-order valence-electron chi connectivity index (χ0n) is 20.5. The van der Waals surface area contributed by atoms with Gasteiger partial charge in [-0.2, -0.15) is 0 Å². The molecule has 8 nitrogen and oxygen atoms in total. The van der Waals surface area contributed by atoms with Gasteiger partial charge in [0.1, 0.15) is 5.84 Å². The van der Waals surface area contributed by atoms with E-state index in [1.807, 2.05) is 13.8 Å². The second-order valence-corrected chi connectivity index (χ2v) is 6.17. The van der Waals surface area contributed by atoms with Gasteiger partial charge in [0.2, 0.25) is 5.91 Å². The molecule has 0 heterocycles. The van der Waals surface area contributed by atoms with Gasteiger partial charge in [-0.15, -0.1) is 0 Å². The third-order valence-electron chi connectivity index (χ3n) is 3.23. The van der Waals surface area contributed by atoms with Crippen molar-refractivity contribution < 1.29 is 14.3 Å². The molecular formula is C23H43N5O3. The van der Waals surface area contributed by atoms with Gasteiger partial charge in [0, 0.05) is 31.4 Å². The summed E-state index contributed by atoms with van der Waals surface area (Å²) in [5.41, 5.74) is 1.75. The molecule has 2 amide bonds. The number of ether oxygens (including phenoxy) is 1. The van der Waals surface area contributed by atoms with Gasteiger partial charge in [-0.05, 0) is 31.4 Å². The summed E-state index contributed by atoms with van der Waals surface area (Å²) in [5.74, 6) is 0.505. The summed E-state index contributed by atoms with van der Waals surface area (Å²) in [4.78, 5) is 26.5. The molecule has 31 heavy (non-hydrogen) atoms. The molecule has 0 fully saturated rings. The zero-order chi connectivity index (χ0) is 24.7. The van der Waals surface area contributed by atoms with E-state index in [2.05, 4.69) is 52.7 Å². The second kappa shape index (κ2) is 23.4. The number of unbranched alkanes of at least 4 members (excludes halogenated alkanes) is 1. The lowest BCUT2D eigenvalue weighted by Crippen LogP contribution is -2.37. The van der Waals surface area contributed by atoms with E-state index in [4.69, 9.17) is 5.41 Å². The van der Waals surface area contributed by atoms with E-state index >= 15 is 0 Å². The fourth-order valence-corrected chi connectivity index (χ4v) is 1.74. The molecule has 0 unspecified atom stereocenters. The van der Waals surface area contributed by atoms with Crippen LogP contribution in [0.1, 0.15) is 60.3 Å². The van der Waals surface area contributed by atoms with Gasteiger partial charge in [0.15, 0.2) is 0 Å². The number of rotatable bonds is 11. The average Bonchev–Trinajstić information content (AvgIpc) is 2.76. The molecule has 0 aliphatic carbocycles. The monoisotopic (exact) mass is 437 g/mol. The standard InChI is InChI=1S/C18H29N5O3.C3H8.C2H6/c1-13(9-10-14(2)19)15(3)23-16(20-4)8-6-7-11-21-17(24)12-22-18(25)26-5;1-3-2;1-2/h9-10,19H,1,3,6-8,11-12H2,2,4-5H3,(H,20,23)(H,21,24)(H,22,25);3H2,1-2H3;1-2H3/b10-9-,19-14?;;. The number of hydrogen-bond donors (Lipinski definition) is 4. The predicted octanol–water partition coefficient (Wildman–Crippen LogP) is 4.36. The van der Waals surface area contributed by atoms with Gasteiger partial charge in [0.05, 0.1) is 13.7 Å². The molecule has 0 saturated carbocycles. The summed E-state index contributed by atoms with van der Waals surface area (Å²) in [5, 5.41) is 15.5. The van der Waals surface area contributed by atoms with E-state index in [1.165, 1.54) is 13.5 Å². The highest BCUT2D eigenvalue weighted by atomic mass is 16.5. The van der Waals surface area contributed by atoms with Crippen LogP contribution in [0.25, 0.3) is 0 Å². The number of methoxy groups -OCH3 is 1. The highest BCUT2D eigenvalue weighted by Crippen LogP contribution is 2.05. The molecule has 0 aliphatic heterocycles. The van der Waals surface area contributed by atoms with Crippen molar-refractivity contribution >= 4 is 23.5 Å². The number of carbonyl (C=O) groups excluding carboxylic acids is 2. The first kappa shape index (κ1) is 32.8. The van der Waals surface area contributed by atoms with Crippen LogP contribution in [0.2, 0.25) is 0 Å². The van der Waals surface area contributed by atoms with Crippen molar-refractivity contribution in [3.05, 3.63) is 36.6 Å². The number of aliphatic imine (C=N–C) groups is 1. The Hall–Kier alpha value is -2.90. The molecule has 8 heteroatoms. The Balaban J connectivity index is -0.00000143. The molecule has 0 atom stereocenters. The molecule has 0 rings (SSSR count). The molecule has 0 aromatic heterocycles. The summed E-state index contributed by atoms with van der Waals surface area (Å²) >= 11 is 0. The summed E-state index contributed by atoms with van der Waals surface area (Å²) < 4.78 is 4.38. The minimum Gasteiger partial charge on any atom is -0.453 e. The molecule has 0 radical (unpaired) electrons. The van der Waals surface area contributed by atoms with Crippen LogP contribution in [0.15, 0.2) is 41.6 Å². The van der Waals surface area contributed by atoms with Crippen molar-refractivity contribution in [1.82, 2.24) is 16.0 Å². The maximum absolute atomic E-state index is 11.5. The van der Waals surface area contributed by atoms with Crippen molar-refractivity contribution in [1.29, 1.82) is 5.41 Å². The maximum Gasteiger partial charge on any atom is 0.407 e. The third kappa shape index (κ3) is 23.2. The number of hydrogen-bond acceptors (Lipinski definition) is 5. The second-order valence-electron chi connectivity index (χ2n) is 6.17. The van der Waals surface area contributed by atoms with Crippen LogP contribution in [0.3, 0.4) is 0 Å². The topological polar surface area (TPSA) is 116 Å². The van der Waals surface area contributed by atoms with Crippen molar-refractivity contribution in [2.75, 3.05) is 27.2 Å². The van der Waals surface area contributed by atoms with E-state index < -0.39 is 6.09 Å². The van der Waals surface area contributed by atoms with Crippen molar-refractivity contribution in [2.45, 2.75) is 60.3 Å². The van der Waals surface area contributed by atoms with Crippen LogP contribution in [0.4, 0.5) is 4.79 Å². The minimum atomic E-state index is -0.637. The number of allylic oxidation sites excluding steroid dienone is 2. The van der Waals surface area contributed by atoms with Crippen molar-refractivity contribution in [3.63, 3.8) is 0 Å². The number of amidine groups is 1. The Morgan fingerprint density at radius 1 is 1.10 bits per heavy atom. The van der Waals surface area contributed by atoms with Gasteiger partial charge < -0.3 is 26.1 Å². The number of nitrogens with one attached hydrogen (secondary N) is 4. The van der Waals surface area contributed by atoms with Gasteiger partial charge in [-0.1, -0.05) is 53.3 Å². The first-order chi connectivity index (χ1) is 14.7. The lowest BCUT2D eigenvalue weighted by atomic mass is 10.1. The number of carbonyl (C=O) groups is 2. The van der Waals surface area contributed by atoms with Gasteiger partial charge in [-0.25, -0.2) is 4.79 Å². The van der Waals surface area contributed by atoms with Crippen molar-refractivity contribution in [3.8, 4) is 0 Å². The first-order valence-corrected chi connectivity index (χ1v) is 10.6. The van der Waals surface area contributed by atoms with Crippen molar-refractivity contribution in [2.24, 2.45) is 4.99 Å². The molecule has 0 aromatic rings. The summed E-state index contributed by atoms with van der Waals surface area (Å²) in [7, 11) is 2.93. The predicted molar refractivity (Wildman–Crippen MR) is 132 cm³/mol. The number of amides is 2. The van der Waals surface area contributed by atoms with Crippen LogP contribution in [0, 0.1) is 5.41 Å². The Morgan fingerprint density at radius 3 is 2.16 bits per heavy atom. The lowest BCUT2D eigenvalue weighted by molar-refractivity contribution is -0.120. The fraction of sp³-hybridized carbons (Fsp3) is 0.565. The maximum atomic E-state index is 11.5. The zero-order valence-corrected chi connectivity index (χ0v) is 20.5. The largest absolute Gasteiger partial charge is 0.453 e. The van der Waals surface area contributed by atoms with E-state index in [0.717, 1.165) is 18.7 Å². The molecule has 0 spiro atoms. The van der Waals surface area contributed by atoms with E-state index in [1.54, 1.807) is 26.1 Å². The van der Waals surface area contributed by atoms with Crippen LogP contribution in [-0.2, 0) is 9.53 Å². The minimum absolute atomic E-state index is 0.111. The molecule has 178 valence electrons. The first-order valence-electron chi connectivity index (χ1n) is 10.6. The van der Waals surface area contributed by atoms with Gasteiger partial charge >= 0.3 is 6.09 Å². The fourth-order valence-electron chi connectivity index (χ4n) is 1.74. The normalized spacial score (nSPS) is 9.97. The average molecular weight is 438 g/mol. The Kier molecular flexibility index (Phi) is 24.7. The SMILES string of the molecule is C=C(/C=C\C(C)=N)C(=C)NC(CCCCNC(=O)CNC(=O)OC)=NC.CC.CCC. The van der Waals surface area contributed by atoms with Gasteiger partial charge in [-0.3, -0.25) is 9.79 Å². The Labute approximate surface area is 188 Å². The lowest BCUT2D eigenvalue weighted by Gasteiger charge is -2.12. The molecule has 0 aliphatic rings. The summed E-state index contributed by atoms with van der Waals surface area (Å²) in [6.45, 7) is 18.1. The van der Waals surface area contributed by atoms with Crippen LogP contribution < -0.4 is 16.0 Å². The molecule has 0 saturated heterocycles. The molecular weight excluding hydrogens is 394 g/mol. The highest BCUT2D eigenvalue weighted by molar-refractivity contribution is 5.90. The number of alkyl carbamates (subject to hydrolysis) is 1. The smallest absolute Gasteiger partial charge is 0.407 e. The van der Waals surface area contributed by atoms with E-state index in [0.29, 0.717) is 29.9 Å². The Morgan fingerprint density at radius 2 is 1.68 bits per heavy atom.